The fourth-order valence-electron chi connectivity index (χ4n) is 1.44. The third-order valence-corrected chi connectivity index (χ3v) is 2.92. The van der Waals surface area contributed by atoms with E-state index in [1.807, 2.05) is 0 Å². The largest absolute Gasteiger partial charge is 0.366 e. The molecule has 0 unspecified atom stereocenters. The molecule has 0 saturated carbocycles. The third kappa shape index (κ3) is 2.19. The molecule has 96 valence electrons. The normalized spacial score (nSPS) is 10.8. The molecule has 1 aromatic carbocycles. The Morgan fingerprint density at radius 1 is 1.32 bits per heavy atom. The zero-order valence-corrected chi connectivity index (χ0v) is 10.8. The van der Waals surface area contributed by atoms with Crippen molar-refractivity contribution in [2.75, 3.05) is 5.73 Å². The minimum absolute atomic E-state index is 0.0827. The first-order chi connectivity index (χ1) is 9.13. The van der Waals surface area contributed by atoms with E-state index < -0.39 is 0 Å². The maximum atomic E-state index is 13.1. The van der Waals surface area contributed by atoms with Crippen LogP contribution in [-0.2, 0) is 0 Å². The Bertz CT molecular complexity index is 739. The summed E-state index contributed by atoms with van der Waals surface area (Å²) >= 11 is 3.09. The molecule has 0 amide bonds. The van der Waals surface area contributed by atoms with Gasteiger partial charge in [-0.15, -0.1) is 5.10 Å². The van der Waals surface area contributed by atoms with E-state index in [0.717, 1.165) is 0 Å². The predicted molar refractivity (Wildman–Crippen MR) is 67.2 cm³/mol. The summed E-state index contributed by atoms with van der Waals surface area (Å²) in [6.45, 7) is 0. The van der Waals surface area contributed by atoms with Crippen LogP contribution < -0.4 is 5.73 Å². The van der Waals surface area contributed by atoms with E-state index in [1.165, 1.54) is 6.07 Å². The second-order valence-electron chi connectivity index (χ2n) is 3.59. The summed E-state index contributed by atoms with van der Waals surface area (Å²) in [6.07, 6.45) is 0. The highest BCUT2D eigenvalue weighted by atomic mass is 79.9. The van der Waals surface area contributed by atoms with Gasteiger partial charge < -0.3 is 10.3 Å². The van der Waals surface area contributed by atoms with Gasteiger partial charge in [0.1, 0.15) is 5.82 Å². The van der Waals surface area contributed by atoms with Gasteiger partial charge in [-0.25, -0.2) is 4.39 Å². The molecule has 0 atom stereocenters. The summed E-state index contributed by atoms with van der Waals surface area (Å²) in [5.74, 6) is 0.456. The van der Waals surface area contributed by atoms with Gasteiger partial charge in [-0.1, -0.05) is 5.16 Å². The van der Waals surface area contributed by atoms with E-state index in [-0.39, 0.29) is 23.5 Å². The van der Waals surface area contributed by atoms with Gasteiger partial charge in [0, 0.05) is 5.56 Å². The summed E-state index contributed by atoms with van der Waals surface area (Å²) < 4.78 is 18.5. The highest BCUT2D eigenvalue weighted by Gasteiger charge is 2.14. The molecule has 0 saturated heterocycles. The molecule has 0 aliphatic heterocycles. The molecular formula is C10H6BrFN6O. The van der Waals surface area contributed by atoms with Crippen LogP contribution >= 0.6 is 15.9 Å². The molecule has 19 heavy (non-hydrogen) atoms. The molecule has 0 fully saturated rings. The van der Waals surface area contributed by atoms with Gasteiger partial charge in [0.15, 0.2) is 0 Å². The SMILES string of the molecule is Nc1n[nH]c(-c2nc(-c3ccc(F)c(Br)c3)no2)n1. The smallest absolute Gasteiger partial charge is 0.295 e. The maximum absolute atomic E-state index is 13.1. The molecule has 3 N–H and O–H groups in total. The molecular weight excluding hydrogens is 319 g/mol. The molecule has 7 nitrogen and oxygen atoms in total. The van der Waals surface area contributed by atoms with E-state index in [0.29, 0.717) is 15.9 Å². The number of anilines is 1. The Morgan fingerprint density at radius 3 is 2.84 bits per heavy atom. The van der Waals surface area contributed by atoms with E-state index in [9.17, 15) is 4.39 Å². The van der Waals surface area contributed by atoms with Crippen molar-refractivity contribution in [3.63, 3.8) is 0 Å². The lowest BCUT2D eigenvalue weighted by Crippen LogP contribution is -1.86. The van der Waals surface area contributed by atoms with Gasteiger partial charge in [0.2, 0.25) is 17.6 Å². The maximum Gasteiger partial charge on any atom is 0.295 e. The lowest BCUT2D eigenvalue weighted by Gasteiger charge is -1.96. The number of rotatable bonds is 2. The molecule has 2 heterocycles. The topological polar surface area (TPSA) is 107 Å². The van der Waals surface area contributed by atoms with Crippen molar-refractivity contribution in [3.8, 4) is 23.1 Å². The van der Waals surface area contributed by atoms with Crippen molar-refractivity contribution in [2.24, 2.45) is 0 Å². The van der Waals surface area contributed by atoms with Crippen LogP contribution in [0, 0.1) is 5.82 Å². The van der Waals surface area contributed by atoms with Crippen LogP contribution in [0.4, 0.5) is 10.3 Å². The van der Waals surface area contributed by atoms with E-state index in [2.05, 4.69) is 41.3 Å². The van der Waals surface area contributed by atoms with Gasteiger partial charge >= 0.3 is 0 Å². The first-order valence-electron chi connectivity index (χ1n) is 5.11. The average molecular weight is 325 g/mol. The van der Waals surface area contributed by atoms with Crippen LogP contribution in [0.15, 0.2) is 27.2 Å². The number of halogens is 2. The first kappa shape index (κ1) is 11.8. The molecule has 3 rings (SSSR count). The van der Waals surface area contributed by atoms with Gasteiger partial charge in [-0.3, -0.25) is 5.10 Å². The Kier molecular flexibility index (Phi) is 2.75. The lowest BCUT2D eigenvalue weighted by molar-refractivity contribution is 0.429. The Labute approximate surface area is 114 Å². The standard InChI is InChI=1S/C10H6BrFN6O/c11-5-3-4(1-2-6(5)12)7-14-9(19-18-7)8-15-10(13)17-16-8/h1-3H,(H3,13,15,16,17). The van der Waals surface area contributed by atoms with Crippen LogP contribution in [-0.4, -0.2) is 25.3 Å². The molecule has 0 bridgehead atoms. The summed E-state index contributed by atoms with van der Waals surface area (Å²) in [7, 11) is 0. The predicted octanol–water partition coefficient (Wildman–Crippen LogP) is 2.01. The molecule has 0 spiro atoms. The van der Waals surface area contributed by atoms with Crippen molar-refractivity contribution in [2.45, 2.75) is 0 Å². The first-order valence-corrected chi connectivity index (χ1v) is 5.90. The van der Waals surface area contributed by atoms with Crippen LogP contribution in [0.2, 0.25) is 0 Å². The summed E-state index contributed by atoms with van der Waals surface area (Å²) in [4.78, 5) is 7.99. The second kappa shape index (κ2) is 4.43. The number of aromatic nitrogens is 5. The molecule has 9 heteroatoms. The average Bonchev–Trinajstić information content (AvgIpc) is 3.01. The highest BCUT2D eigenvalue weighted by Crippen LogP contribution is 2.24. The Balaban J connectivity index is 1.98. The van der Waals surface area contributed by atoms with Crippen molar-refractivity contribution in [1.82, 2.24) is 25.3 Å². The number of hydrogen-bond donors (Lipinski definition) is 2. The number of benzene rings is 1. The molecule has 3 aromatic rings. The third-order valence-electron chi connectivity index (χ3n) is 2.31. The van der Waals surface area contributed by atoms with Crippen LogP contribution in [0.25, 0.3) is 23.1 Å². The number of H-pyrrole nitrogens is 1. The number of hydrogen-bond acceptors (Lipinski definition) is 6. The molecule has 2 aromatic heterocycles. The highest BCUT2D eigenvalue weighted by molar-refractivity contribution is 9.10. The zero-order valence-electron chi connectivity index (χ0n) is 9.26. The monoisotopic (exact) mass is 324 g/mol. The van der Waals surface area contributed by atoms with Gasteiger partial charge in [-0.2, -0.15) is 9.97 Å². The lowest BCUT2D eigenvalue weighted by atomic mass is 10.2. The van der Waals surface area contributed by atoms with Crippen LogP contribution in [0.1, 0.15) is 0 Å². The number of nitrogen functional groups attached to an aromatic ring is 1. The Morgan fingerprint density at radius 2 is 2.16 bits per heavy atom. The fourth-order valence-corrected chi connectivity index (χ4v) is 1.82. The number of aromatic amines is 1. The fraction of sp³-hybridized carbons (Fsp3) is 0. The van der Waals surface area contributed by atoms with Crippen molar-refractivity contribution in [1.29, 1.82) is 0 Å². The van der Waals surface area contributed by atoms with Crippen LogP contribution in [0.5, 0.6) is 0 Å². The van der Waals surface area contributed by atoms with E-state index in [1.54, 1.807) is 12.1 Å². The van der Waals surface area contributed by atoms with Crippen molar-refractivity contribution < 1.29 is 8.91 Å². The number of nitrogens with two attached hydrogens (primary N) is 1. The minimum Gasteiger partial charge on any atom is -0.366 e. The van der Waals surface area contributed by atoms with E-state index >= 15 is 0 Å². The summed E-state index contributed by atoms with van der Waals surface area (Å²) in [6, 6.07) is 4.41. The van der Waals surface area contributed by atoms with Gasteiger partial charge in [0.05, 0.1) is 4.47 Å². The van der Waals surface area contributed by atoms with E-state index in [4.69, 9.17) is 10.3 Å². The van der Waals surface area contributed by atoms with Gasteiger partial charge in [0.25, 0.3) is 5.89 Å². The molecule has 0 radical (unpaired) electrons. The van der Waals surface area contributed by atoms with Crippen molar-refractivity contribution in [3.05, 3.63) is 28.5 Å². The number of nitrogens with one attached hydrogen (secondary N) is 1. The molecule has 0 aliphatic rings. The number of nitrogens with zero attached hydrogens (tertiary/aromatic N) is 4. The Hall–Kier alpha value is -2.29. The summed E-state index contributed by atoms with van der Waals surface area (Å²) in [5, 5.41) is 10.00. The minimum atomic E-state index is -0.365. The second-order valence-corrected chi connectivity index (χ2v) is 4.45. The van der Waals surface area contributed by atoms with Crippen molar-refractivity contribution >= 4 is 21.9 Å². The quantitative estimate of drug-likeness (QED) is 0.746. The molecule has 0 aliphatic carbocycles. The summed E-state index contributed by atoms with van der Waals surface area (Å²) in [5.41, 5.74) is 5.99. The van der Waals surface area contributed by atoms with Gasteiger partial charge in [-0.05, 0) is 34.1 Å². The van der Waals surface area contributed by atoms with Crippen LogP contribution in [0.3, 0.4) is 0 Å². The zero-order chi connectivity index (χ0) is 13.4.